The summed E-state index contributed by atoms with van der Waals surface area (Å²) in [5.41, 5.74) is 0.287. The molecule has 5 rings (SSSR count). The number of anilines is 2. The summed E-state index contributed by atoms with van der Waals surface area (Å²) >= 11 is 6.08. The molecule has 0 spiro atoms. The van der Waals surface area contributed by atoms with Gasteiger partial charge in [-0.05, 0) is 49.2 Å². The first-order valence-electron chi connectivity index (χ1n) is 12.9. The molecule has 1 aromatic heterocycles. The van der Waals surface area contributed by atoms with E-state index in [-0.39, 0.29) is 78.8 Å². The second-order valence-corrected chi connectivity index (χ2v) is 12.6. The van der Waals surface area contributed by atoms with Crippen molar-refractivity contribution in [2.75, 3.05) is 42.5 Å². The maximum Gasteiger partial charge on any atom is 0.290 e. The van der Waals surface area contributed by atoms with Gasteiger partial charge in [0.25, 0.3) is 13.3 Å². The third-order valence-electron chi connectivity index (χ3n) is 7.67. The predicted molar refractivity (Wildman–Crippen MR) is 146 cm³/mol. The molecular formula is C25H28BClF2N5O5S. The second-order valence-electron chi connectivity index (χ2n) is 10.2. The Labute approximate surface area is 236 Å². The fraction of sp³-hybridized carbons (Fsp3) is 0.480. The van der Waals surface area contributed by atoms with Crippen molar-refractivity contribution in [2.24, 2.45) is 5.92 Å². The lowest BCUT2D eigenvalue weighted by molar-refractivity contribution is -0.132. The molecule has 0 bridgehead atoms. The first-order valence-corrected chi connectivity index (χ1v) is 14.7. The summed E-state index contributed by atoms with van der Waals surface area (Å²) in [5.74, 6) is -4.02. The third-order valence-corrected chi connectivity index (χ3v) is 9.77. The number of piperazine rings is 1. The summed E-state index contributed by atoms with van der Waals surface area (Å²) < 4.78 is 57.9. The van der Waals surface area contributed by atoms with Gasteiger partial charge in [0.1, 0.15) is 11.0 Å². The summed E-state index contributed by atoms with van der Waals surface area (Å²) in [6.45, 7) is 1.04. The van der Waals surface area contributed by atoms with Crippen molar-refractivity contribution < 1.29 is 31.9 Å². The van der Waals surface area contributed by atoms with Crippen LogP contribution in [0, 0.1) is 5.92 Å². The van der Waals surface area contributed by atoms with Gasteiger partial charge in [-0.25, -0.2) is 22.2 Å². The Kier molecular flexibility index (Phi) is 8.17. The van der Waals surface area contributed by atoms with Crippen molar-refractivity contribution in [3.63, 3.8) is 0 Å². The number of alkyl halides is 2. The number of hydrogen-bond acceptors (Lipinski definition) is 8. The van der Waals surface area contributed by atoms with Gasteiger partial charge in [-0.15, -0.1) is 0 Å². The quantitative estimate of drug-likeness (QED) is 0.255. The van der Waals surface area contributed by atoms with E-state index in [1.807, 2.05) is 0 Å². The van der Waals surface area contributed by atoms with Crippen LogP contribution in [0.5, 0.6) is 0 Å². The number of pyridine rings is 1. The number of benzene rings is 1. The molecule has 1 aliphatic carbocycles. The lowest BCUT2D eigenvalue weighted by atomic mass is 9.76. The van der Waals surface area contributed by atoms with E-state index in [2.05, 4.69) is 10.2 Å². The highest BCUT2D eigenvalue weighted by molar-refractivity contribution is 7.89. The number of aliphatic hydroxyl groups excluding tert-OH is 1. The van der Waals surface area contributed by atoms with E-state index in [0.717, 1.165) is 6.07 Å². The number of halogens is 3. The number of carbonyl (C=O) groups is 2. The van der Waals surface area contributed by atoms with Crippen molar-refractivity contribution in [3.05, 3.63) is 47.1 Å². The number of aromatic nitrogens is 1. The number of rotatable bonds is 9. The predicted octanol–water partition coefficient (Wildman–Crippen LogP) is 1.61. The highest BCUT2D eigenvalue weighted by Gasteiger charge is 2.48. The van der Waals surface area contributed by atoms with Crippen LogP contribution in [0.4, 0.5) is 20.3 Å². The van der Waals surface area contributed by atoms with Gasteiger partial charge in [0.05, 0.1) is 17.2 Å². The van der Waals surface area contributed by atoms with Gasteiger partial charge in [-0.2, -0.15) is 4.31 Å². The number of sulfonamides is 1. The molecule has 3 aliphatic rings. The highest BCUT2D eigenvalue weighted by atomic mass is 35.5. The van der Waals surface area contributed by atoms with Crippen molar-refractivity contribution in [1.82, 2.24) is 14.5 Å². The number of amides is 1. The Bertz CT molecular complexity index is 1370. The molecular weight excluding hydrogens is 567 g/mol. The van der Waals surface area contributed by atoms with E-state index in [1.54, 1.807) is 17.0 Å². The Balaban J connectivity index is 1.23. The number of aliphatic hydroxyl groups is 1. The minimum absolute atomic E-state index is 0.0198. The standard InChI is InChI=1S/C25H28BClF2N5O5S/c27-22-11-17(25(28,29)16-9-20(36)10-16)12-23(30-22)32-5-7-33(8-6-32)40(38,39)21-3-1-19(2-4-21)34-14-18(13-24(34)37)31-26-15-35/h1-4,11-12,15-16,18,20,31,36H,5-10,13-14H2/t16?,18-,20?/m1/s1. The van der Waals surface area contributed by atoms with Crippen LogP contribution in [0.15, 0.2) is 41.3 Å². The summed E-state index contributed by atoms with van der Waals surface area (Å²) in [4.78, 5) is 30.4. The van der Waals surface area contributed by atoms with Gasteiger partial charge in [0, 0.05) is 62.4 Å². The summed E-state index contributed by atoms with van der Waals surface area (Å²) in [6.07, 6.45) is 0.150. The molecule has 1 amide bonds. The van der Waals surface area contributed by atoms with E-state index in [1.165, 1.54) is 34.8 Å². The maximum atomic E-state index is 15.0. The largest absolute Gasteiger partial charge is 0.393 e. The second kappa shape index (κ2) is 11.3. The van der Waals surface area contributed by atoms with Crippen LogP contribution in [0.2, 0.25) is 5.15 Å². The van der Waals surface area contributed by atoms with Gasteiger partial charge in [0.2, 0.25) is 15.9 Å². The molecule has 1 radical (unpaired) electrons. The van der Waals surface area contributed by atoms with Crippen LogP contribution in [-0.2, 0) is 25.5 Å². The van der Waals surface area contributed by atoms with Gasteiger partial charge in [0.15, 0.2) is 0 Å². The van der Waals surface area contributed by atoms with Gasteiger partial charge in [-0.3, -0.25) is 4.79 Å². The molecule has 3 fully saturated rings. The zero-order chi connectivity index (χ0) is 28.7. The lowest BCUT2D eigenvalue weighted by Gasteiger charge is -2.38. The Hall–Kier alpha value is -2.65. The highest BCUT2D eigenvalue weighted by Crippen LogP contribution is 2.47. The zero-order valence-electron chi connectivity index (χ0n) is 21.4. The molecule has 1 saturated carbocycles. The van der Waals surface area contributed by atoms with Crippen molar-refractivity contribution in [2.45, 2.75) is 42.2 Å². The molecule has 10 nitrogen and oxygen atoms in total. The van der Waals surface area contributed by atoms with E-state index in [9.17, 15) is 31.9 Å². The number of carbonyl (C=O) groups excluding carboxylic acids is 2. The van der Waals surface area contributed by atoms with Crippen LogP contribution in [0.3, 0.4) is 0 Å². The SMILES string of the molecule is O=C[B]N[C@@H]1CC(=O)N(c2ccc(S(=O)(=O)N3CCN(c4cc(C(F)(F)C5CC(O)C5)cc(Cl)n4)CC3)cc2)C1. The number of nitrogens with zero attached hydrogens (tertiary/aromatic N) is 4. The molecule has 2 N–H and O–H groups in total. The Morgan fingerprint density at radius 3 is 2.42 bits per heavy atom. The molecule has 213 valence electrons. The fourth-order valence-electron chi connectivity index (χ4n) is 5.31. The molecule has 2 saturated heterocycles. The van der Waals surface area contributed by atoms with Gasteiger partial charge in [-0.1, -0.05) is 11.6 Å². The monoisotopic (exact) mass is 594 g/mol. The average Bonchev–Trinajstić information content (AvgIpc) is 3.30. The Morgan fingerprint density at radius 1 is 1.12 bits per heavy atom. The normalized spacial score (nSPS) is 24.2. The van der Waals surface area contributed by atoms with Crippen molar-refractivity contribution >= 4 is 52.6 Å². The van der Waals surface area contributed by atoms with Crippen LogP contribution in [-0.4, -0.2) is 87.2 Å². The topological polar surface area (TPSA) is 123 Å². The molecule has 2 aromatic rings. The van der Waals surface area contributed by atoms with E-state index < -0.39 is 28.0 Å². The van der Waals surface area contributed by atoms with E-state index in [4.69, 9.17) is 11.6 Å². The molecule has 15 heteroatoms. The van der Waals surface area contributed by atoms with E-state index in [0.29, 0.717) is 18.4 Å². The van der Waals surface area contributed by atoms with E-state index >= 15 is 0 Å². The van der Waals surface area contributed by atoms with Crippen LogP contribution in [0.1, 0.15) is 24.8 Å². The third kappa shape index (κ3) is 5.73. The van der Waals surface area contributed by atoms with Gasteiger partial charge < -0.3 is 24.9 Å². The minimum atomic E-state index is -3.84. The number of hydrogen-bond donors (Lipinski definition) is 2. The molecule has 0 unspecified atom stereocenters. The zero-order valence-corrected chi connectivity index (χ0v) is 23.0. The molecule has 2 aliphatic heterocycles. The molecule has 40 heavy (non-hydrogen) atoms. The lowest BCUT2D eigenvalue weighted by Crippen LogP contribution is -2.49. The molecule has 1 atom stereocenters. The average molecular weight is 595 g/mol. The van der Waals surface area contributed by atoms with Crippen LogP contribution >= 0.6 is 11.6 Å². The number of nitrogens with one attached hydrogen (secondary N) is 1. The summed E-state index contributed by atoms with van der Waals surface area (Å²) in [7, 11) is -2.59. The van der Waals surface area contributed by atoms with Crippen LogP contribution < -0.4 is 15.0 Å². The smallest absolute Gasteiger partial charge is 0.290 e. The van der Waals surface area contributed by atoms with Crippen molar-refractivity contribution in [3.8, 4) is 0 Å². The van der Waals surface area contributed by atoms with Gasteiger partial charge >= 0.3 is 0 Å². The molecule has 1 aromatic carbocycles. The fourth-order valence-corrected chi connectivity index (χ4v) is 6.93. The molecule has 3 heterocycles. The maximum absolute atomic E-state index is 15.0. The first kappa shape index (κ1) is 28.9. The van der Waals surface area contributed by atoms with Crippen LogP contribution in [0.25, 0.3) is 0 Å². The summed E-state index contributed by atoms with van der Waals surface area (Å²) in [5, 5.41) is 12.2. The first-order chi connectivity index (χ1) is 19.0. The summed E-state index contributed by atoms with van der Waals surface area (Å²) in [6, 6.07) is 8.27. The Morgan fingerprint density at radius 2 is 1.80 bits per heavy atom. The minimum Gasteiger partial charge on any atom is -0.393 e. The van der Waals surface area contributed by atoms with Crippen molar-refractivity contribution in [1.29, 1.82) is 0 Å².